The minimum Gasteiger partial charge on any atom is -0.309 e. The van der Waals surface area contributed by atoms with E-state index in [2.05, 4.69) is 54.6 Å². The van der Waals surface area contributed by atoms with Crippen LogP contribution in [0.3, 0.4) is 0 Å². The van der Waals surface area contributed by atoms with Crippen molar-refractivity contribution >= 4 is 38.8 Å². The molecule has 0 aliphatic carbocycles. The van der Waals surface area contributed by atoms with E-state index in [1.807, 2.05) is 37.4 Å². The van der Waals surface area contributed by atoms with Crippen molar-refractivity contribution in [2.45, 2.75) is 33.9 Å². The molecule has 28 heavy (non-hydrogen) atoms. The number of anilines is 1. The zero-order valence-electron chi connectivity index (χ0n) is 16.6. The zero-order chi connectivity index (χ0) is 20.1. The first kappa shape index (κ1) is 20.5. The van der Waals surface area contributed by atoms with Crippen molar-refractivity contribution in [1.29, 1.82) is 0 Å². The van der Waals surface area contributed by atoms with Crippen molar-refractivity contribution in [3.63, 3.8) is 0 Å². The average Bonchev–Trinajstić information content (AvgIpc) is 3.25. The first-order valence-electron chi connectivity index (χ1n) is 9.68. The number of hydrogen-bond donors (Lipinski definition) is 1. The molecule has 1 atom stereocenters. The second-order valence-corrected chi connectivity index (χ2v) is 7.79. The van der Waals surface area contributed by atoms with Gasteiger partial charge in [0.1, 0.15) is 0 Å². The first-order valence-corrected chi connectivity index (χ1v) is 10.5. The Morgan fingerprint density at radius 2 is 2.04 bits per heavy atom. The maximum Gasteiger partial charge on any atom is 0.231 e. The smallest absolute Gasteiger partial charge is 0.231 e. The lowest BCUT2D eigenvalue weighted by Gasteiger charge is -2.19. The highest BCUT2D eigenvalue weighted by molar-refractivity contribution is 9.10. The molecule has 1 amide bonds. The predicted molar refractivity (Wildman–Crippen MR) is 115 cm³/mol. The van der Waals surface area contributed by atoms with Gasteiger partial charge in [0.25, 0.3) is 0 Å². The third kappa shape index (κ3) is 4.80. The minimum atomic E-state index is -0.233. The van der Waals surface area contributed by atoms with Gasteiger partial charge in [-0.05, 0) is 41.2 Å². The number of benzene rings is 1. The lowest BCUT2D eigenvalue weighted by Crippen LogP contribution is -2.29. The van der Waals surface area contributed by atoms with Gasteiger partial charge in [0, 0.05) is 19.3 Å². The van der Waals surface area contributed by atoms with Crippen LogP contribution in [0.15, 0.2) is 41.1 Å². The van der Waals surface area contributed by atoms with Crippen LogP contribution in [0.5, 0.6) is 0 Å². The molecule has 150 valence electrons. The number of halogens is 1. The Hall–Kier alpha value is -2.19. The Kier molecular flexibility index (Phi) is 6.85. The third-order valence-corrected chi connectivity index (χ3v) is 5.34. The molecular weight excluding hydrogens is 420 g/mol. The van der Waals surface area contributed by atoms with Crippen molar-refractivity contribution in [3.05, 3.63) is 41.1 Å². The van der Waals surface area contributed by atoms with E-state index < -0.39 is 0 Å². The van der Waals surface area contributed by atoms with Gasteiger partial charge in [-0.2, -0.15) is 5.10 Å². The summed E-state index contributed by atoms with van der Waals surface area (Å²) in [7, 11) is 0. The van der Waals surface area contributed by atoms with Crippen LogP contribution in [0.4, 0.5) is 5.95 Å². The van der Waals surface area contributed by atoms with Gasteiger partial charge in [-0.25, -0.2) is 4.98 Å². The van der Waals surface area contributed by atoms with E-state index in [0.717, 1.165) is 41.7 Å². The number of nitrogens with one attached hydrogen (secondary N) is 1. The lowest BCUT2D eigenvalue weighted by molar-refractivity contribution is -0.119. The second kappa shape index (κ2) is 9.34. The summed E-state index contributed by atoms with van der Waals surface area (Å²) in [5.41, 5.74) is 1.93. The highest BCUT2D eigenvalue weighted by Crippen LogP contribution is 2.20. The maximum atomic E-state index is 12.8. The Labute approximate surface area is 173 Å². The minimum absolute atomic E-state index is 0.0639. The first-order chi connectivity index (χ1) is 13.5. The normalized spacial score (nSPS) is 12.6. The molecule has 0 fully saturated rings. The van der Waals surface area contributed by atoms with E-state index >= 15 is 0 Å². The number of imidazole rings is 1. The van der Waals surface area contributed by atoms with Crippen molar-refractivity contribution < 1.29 is 4.79 Å². The number of carbonyl (C=O) groups excluding carboxylic acids is 1. The Morgan fingerprint density at radius 1 is 1.29 bits per heavy atom. The summed E-state index contributed by atoms with van der Waals surface area (Å²) in [5.74, 6) is 0.306. The molecule has 2 aromatic heterocycles. The van der Waals surface area contributed by atoms with Crippen molar-refractivity contribution in [2.24, 2.45) is 5.92 Å². The van der Waals surface area contributed by atoms with Gasteiger partial charge in [-0.1, -0.05) is 32.9 Å². The van der Waals surface area contributed by atoms with E-state index in [-0.39, 0.29) is 11.8 Å². The quantitative estimate of drug-likeness (QED) is 0.544. The molecule has 0 bridgehead atoms. The van der Waals surface area contributed by atoms with Crippen LogP contribution in [0.2, 0.25) is 0 Å². The van der Waals surface area contributed by atoms with Gasteiger partial charge < -0.3 is 9.47 Å². The highest BCUT2D eigenvalue weighted by Gasteiger charge is 2.19. The molecule has 0 aliphatic rings. The van der Waals surface area contributed by atoms with Crippen LogP contribution in [0.25, 0.3) is 11.0 Å². The van der Waals surface area contributed by atoms with Gasteiger partial charge in [-0.3, -0.25) is 14.8 Å². The Bertz CT molecular complexity index is 930. The van der Waals surface area contributed by atoms with Gasteiger partial charge in [-0.15, -0.1) is 0 Å². The number of aromatic nitrogens is 4. The van der Waals surface area contributed by atoms with E-state index in [9.17, 15) is 4.79 Å². The molecule has 0 unspecified atom stereocenters. The second-order valence-electron chi connectivity index (χ2n) is 6.87. The number of likely N-dealkylation sites (N-methyl/N-ethyl adjacent to an activating group) is 1. The van der Waals surface area contributed by atoms with Gasteiger partial charge in [0.15, 0.2) is 0 Å². The predicted octanol–water partition coefficient (Wildman–Crippen LogP) is 3.61. The van der Waals surface area contributed by atoms with Crippen LogP contribution >= 0.6 is 15.9 Å². The summed E-state index contributed by atoms with van der Waals surface area (Å²) in [6.45, 7) is 10.4. The summed E-state index contributed by atoms with van der Waals surface area (Å²) >= 11 is 3.38. The maximum absolute atomic E-state index is 12.8. The summed E-state index contributed by atoms with van der Waals surface area (Å²) in [6, 6.07) is 7.99. The molecule has 0 spiro atoms. The van der Waals surface area contributed by atoms with Gasteiger partial charge in [0.05, 0.1) is 34.2 Å². The standard InChI is InChI=1S/C20H27BrN6O/c1-4-25(5-2)10-11-27-18-9-7-6-8-17(18)23-20(27)24-19(28)15(3)13-26-14-16(21)12-22-26/h6-9,12,14-15H,4-5,10-11,13H2,1-3H3,(H,23,24,28)/t15-/m1/s1. The van der Waals surface area contributed by atoms with E-state index in [1.54, 1.807) is 10.9 Å². The number of fused-ring (bicyclic) bond motifs is 1. The monoisotopic (exact) mass is 446 g/mol. The summed E-state index contributed by atoms with van der Waals surface area (Å²) in [5, 5.41) is 7.26. The molecule has 7 nitrogen and oxygen atoms in total. The third-order valence-electron chi connectivity index (χ3n) is 4.93. The van der Waals surface area contributed by atoms with Crippen molar-refractivity contribution in [1.82, 2.24) is 24.2 Å². The molecule has 1 N–H and O–H groups in total. The lowest BCUT2D eigenvalue weighted by atomic mass is 10.1. The van der Waals surface area contributed by atoms with E-state index in [0.29, 0.717) is 12.5 Å². The topological polar surface area (TPSA) is 68.0 Å². The number of para-hydroxylation sites is 2. The average molecular weight is 447 g/mol. The molecular formula is C20H27BrN6O. The summed E-state index contributed by atoms with van der Waals surface area (Å²) in [6.07, 6.45) is 3.58. The Morgan fingerprint density at radius 3 is 2.71 bits per heavy atom. The highest BCUT2D eigenvalue weighted by atomic mass is 79.9. The van der Waals surface area contributed by atoms with E-state index in [4.69, 9.17) is 0 Å². The summed E-state index contributed by atoms with van der Waals surface area (Å²) in [4.78, 5) is 19.8. The van der Waals surface area contributed by atoms with Crippen LogP contribution in [-0.2, 0) is 17.9 Å². The molecule has 0 aliphatic heterocycles. The van der Waals surface area contributed by atoms with Gasteiger partial charge >= 0.3 is 0 Å². The molecule has 0 saturated heterocycles. The fourth-order valence-electron chi connectivity index (χ4n) is 3.21. The van der Waals surface area contributed by atoms with Gasteiger partial charge in [0.2, 0.25) is 11.9 Å². The number of carbonyl (C=O) groups is 1. The number of nitrogens with zero attached hydrogens (tertiary/aromatic N) is 5. The summed E-state index contributed by atoms with van der Waals surface area (Å²) < 4.78 is 4.76. The van der Waals surface area contributed by atoms with Crippen molar-refractivity contribution in [3.8, 4) is 0 Å². The zero-order valence-corrected chi connectivity index (χ0v) is 18.2. The Balaban J connectivity index is 1.77. The number of rotatable bonds is 9. The molecule has 3 aromatic rings. The SMILES string of the molecule is CCN(CC)CCn1c(NC(=O)[C@H](C)Cn2cc(Br)cn2)nc2ccccc21. The molecule has 2 heterocycles. The van der Waals surface area contributed by atoms with Crippen LogP contribution < -0.4 is 5.32 Å². The molecule has 0 saturated carbocycles. The molecule has 3 rings (SSSR count). The molecule has 0 radical (unpaired) electrons. The number of hydrogen-bond acceptors (Lipinski definition) is 4. The fraction of sp³-hybridized carbons (Fsp3) is 0.450. The fourth-order valence-corrected chi connectivity index (χ4v) is 3.54. The number of amides is 1. The molecule has 8 heteroatoms. The molecule has 1 aromatic carbocycles. The largest absolute Gasteiger partial charge is 0.309 e. The van der Waals surface area contributed by atoms with E-state index in [1.165, 1.54) is 0 Å². The van der Waals surface area contributed by atoms with Crippen molar-refractivity contribution in [2.75, 3.05) is 25.0 Å². The van der Waals surface area contributed by atoms with Crippen LogP contribution in [0.1, 0.15) is 20.8 Å². The van der Waals surface area contributed by atoms with Crippen LogP contribution in [-0.4, -0.2) is 49.8 Å². The van der Waals surface area contributed by atoms with Crippen LogP contribution in [0, 0.1) is 5.92 Å².